The highest BCUT2D eigenvalue weighted by Crippen LogP contribution is 2.24. The molecule has 9 rings (SSSR count). The lowest BCUT2D eigenvalue weighted by atomic mass is 9.99. The van der Waals surface area contributed by atoms with E-state index in [1.165, 1.54) is 43.0 Å². The lowest BCUT2D eigenvalue weighted by Crippen LogP contribution is -2.62. The summed E-state index contributed by atoms with van der Waals surface area (Å²) >= 11 is 6.29. The van der Waals surface area contributed by atoms with Crippen molar-refractivity contribution in [2.45, 2.75) is 165 Å². The highest BCUT2D eigenvalue weighted by molar-refractivity contribution is 6.30. The third kappa shape index (κ3) is 24.2. The maximum Gasteiger partial charge on any atom is 0.245 e. The van der Waals surface area contributed by atoms with E-state index < -0.39 is 132 Å². The molecule has 1 saturated heterocycles. The number of halogens is 1. The zero-order valence-electron chi connectivity index (χ0n) is 61.9. The van der Waals surface area contributed by atoms with Crippen molar-refractivity contribution in [3.05, 3.63) is 214 Å². The first-order valence-corrected chi connectivity index (χ1v) is 37.2. The van der Waals surface area contributed by atoms with E-state index in [1.54, 1.807) is 103 Å². The summed E-state index contributed by atoms with van der Waals surface area (Å²) < 4.78 is 0. The molecule has 27 nitrogen and oxygen atoms in total. The second-order valence-corrected chi connectivity index (χ2v) is 28.5. The number of nitrogen functional groups attached to an aromatic ring is 1. The van der Waals surface area contributed by atoms with Crippen LogP contribution in [0.25, 0.3) is 21.7 Å². The maximum atomic E-state index is 15.3. The number of likely N-dealkylation sites (tertiary alicyclic amines) is 1. The summed E-state index contributed by atoms with van der Waals surface area (Å²) in [5.41, 5.74) is 16.0. The molecule has 1 aromatic heterocycles. The number of nitrogens with one attached hydrogen (secondary N) is 11. The van der Waals surface area contributed by atoms with E-state index in [9.17, 15) is 39.0 Å². The molecule has 1 fully saturated rings. The number of fused-ring (bicyclic) bond motifs is 2. The van der Waals surface area contributed by atoms with Crippen LogP contribution in [0.15, 0.2) is 176 Å². The number of primary amides is 1. The van der Waals surface area contributed by atoms with Crippen LogP contribution in [0, 0.1) is 0 Å². The predicted molar refractivity (Wildman–Crippen MR) is 418 cm³/mol. The molecule has 2 heterocycles. The number of carbonyl (C=O) groups excluding carboxylic acids is 11. The minimum Gasteiger partial charge on any atom is -0.508 e. The van der Waals surface area contributed by atoms with Gasteiger partial charge in [0.25, 0.3) is 0 Å². The molecule has 17 N–H and O–H groups in total. The average Bonchev–Trinajstić information content (AvgIpc) is 1.66. The number of nitrogens with two attached hydrogens (primary N) is 2. The van der Waals surface area contributed by atoms with Crippen molar-refractivity contribution in [2.24, 2.45) is 5.73 Å². The topological polar surface area (TPSA) is 420 Å². The number of benzene rings is 7. The fraction of sp³-hybridized carbons (Fsp3) is 0.354. The first-order chi connectivity index (χ1) is 52.8. The Morgan fingerprint density at radius 2 is 0.964 bits per heavy atom. The molecule has 0 saturated carbocycles. The monoisotopic (exact) mass is 1520 g/mol. The molecule has 28 heteroatoms. The van der Waals surface area contributed by atoms with Gasteiger partial charge in [-0.2, -0.15) is 0 Å². The average molecular weight is 1520 g/mol. The molecule has 1 aliphatic rings. The van der Waals surface area contributed by atoms with Gasteiger partial charge < -0.3 is 84.7 Å². The quantitative estimate of drug-likeness (QED) is 0.0192. The summed E-state index contributed by atoms with van der Waals surface area (Å²) in [5, 5.41) is 52.5. The number of phenolic OH excluding ortho intramolecular Hbond substituents is 1. The molecule has 0 radical (unpaired) electrons. The van der Waals surface area contributed by atoms with E-state index in [0.717, 1.165) is 10.8 Å². The smallest absolute Gasteiger partial charge is 0.245 e. The summed E-state index contributed by atoms with van der Waals surface area (Å²) in [6.07, 6.45) is 2.62. The second-order valence-electron chi connectivity index (χ2n) is 28.1. The molecule has 0 bridgehead atoms. The van der Waals surface area contributed by atoms with Gasteiger partial charge in [0.2, 0.25) is 65.0 Å². The summed E-state index contributed by atoms with van der Waals surface area (Å²) in [4.78, 5) is 163. The number of hydrogen-bond acceptors (Lipinski definition) is 15. The number of aromatic amines is 1. The molecule has 7 aromatic carbocycles. The van der Waals surface area contributed by atoms with Gasteiger partial charge in [-0.3, -0.25) is 52.7 Å². The van der Waals surface area contributed by atoms with Crippen molar-refractivity contribution in [3.8, 4) is 5.75 Å². The first kappa shape index (κ1) is 82.4. The Bertz CT molecular complexity index is 4530. The number of para-hydroxylation sites is 1. The third-order valence-electron chi connectivity index (χ3n) is 19.2. The zero-order valence-corrected chi connectivity index (χ0v) is 62.6. The highest BCUT2D eigenvalue weighted by Gasteiger charge is 2.41. The number of carbonyl (C=O) groups is 11. The van der Waals surface area contributed by atoms with Gasteiger partial charge in [0.05, 0.1) is 6.61 Å². The van der Waals surface area contributed by atoms with Crippen LogP contribution in [-0.4, -0.2) is 171 Å². The number of hydrogen-bond donors (Lipinski definition) is 15. The van der Waals surface area contributed by atoms with E-state index in [1.807, 2.05) is 62.4 Å². The maximum absolute atomic E-state index is 15.3. The van der Waals surface area contributed by atoms with E-state index >= 15 is 24.0 Å². The molecule has 110 heavy (non-hydrogen) atoms. The number of nitrogens with zero attached hydrogens (tertiary/aromatic N) is 1. The molecular weight excluding hydrogens is 1420 g/mol. The summed E-state index contributed by atoms with van der Waals surface area (Å²) in [5.74, 6) is -8.81. The molecular formula is C82H97ClN14O13. The largest absolute Gasteiger partial charge is 0.508 e. The number of amides is 11. The number of aliphatic hydroxyl groups is 1. The minimum atomic E-state index is -1.84. The van der Waals surface area contributed by atoms with Crippen LogP contribution in [0.2, 0.25) is 5.02 Å². The lowest BCUT2D eigenvalue weighted by Gasteiger charge is -2.31. The molecule has 11 amide bonds. The normalized spacial score (nSPS) is 15.1. The van der Waals surface area contributed by atoms with Gasteiger partial charge in [0.1, 0.15) is 66.2 Å². The number of aromatic nitrogens is 1. The van der Waals surface area contributed by atoms with Gasteiger partial charge in [-0.05, 0) is 132 Å². The predicted octanol–water partition coefficient (Wildman–Crippen LogP) is 4.06. The van der Waals surface area contributed by atoms with Crippen LogP contribution in [0.3, 0.4) is 0 Å². The van der Waals surface area contributed by atoms with Crippen LogP contribution in [0.1, 0.15) is 93.2 Å². The van der Waals surface area contributed by atoms with Crippen molar-refractivity contribution in [3.63, 3.8) is 0 Å². The second kappa shape index (κ2) is 40.0. The standard InChI is InChI=1S/C82H97ClN14O13/c1-48(2)86-37-13-12-21-64(82(110)97-38-14-22-72(97)81(109)88-49(3)73(85)101)90-75(103)66(40-51-15-6-5-7-16-51)92-76(104)68(42-53-26-33-60(84)34-27-53)93-77(105)69(43-54-28-35-61(100)36-29-54)94-80(108)71(47-98)96-79(107)70(45-58-46-87-63-20-11-10-19-62(58)63)95-78(106)67(41-52-24-31-59(83)32-25-52)91-74(102)65(89-50(4)99)44-55-23-30-56-17-8-9-18-57(56)39-55/h5-11,15-20,23-36,39,46,48-49,64-72,86-87,98,100H,12-14,21-22,37-38,40-45,47,84H2,1-4H3,(H2,85,101)(H,88,109)(H,89,99)(H,90,103)(H,91,102)(H,92,104)(H,93,105)(H,94,108)(H,95,106)(H,96,107). The van der Waals surface area contributed by atoms with Crippen LogP contribution < -0.4 is 64.6 Å². The number of aromatic hydroxyl groups is 1. The fourth-order valence-corrected chi connectivity index (χ4v) is 13.3. The Labute approximate surface area is 642 Å². The molecule has 0 aliphatic carbocycles. The number of aliphatic hydroxyl groups excluding tert-OH is 1. The Morgan fingerprint density at radius 3 is 1.51 bits per heavy atom. The van der Waals surface area contributed by atoms with E-state index in [0.29, 0.717) is 80.8 Å². The Balaban J connectivity index is 0.984. The lowest BCUT2D eigenvalue weighted by molar-refractivity contribution is -0.142. The van der Waals surface area contributed by atoms with Crippen molar-refractivity contribution >= 4 is 104 Å². The SMILES string of the molecule is CC(=O)NC(Cc1ccc2ccccc2c1)C(=O)NC(Cc1ccc(Cl)cc1)C(=O)NC(Cc1c[nH]c2ccccc12)C(=O)NC(CO)C(=O)NC(Cc1ccc(O)cc1)C(=O)NC(Cc1ccc(N)cc1)C(=O)NC(Cc1ccccc1)C(=O)NC(CCCCNC(C)C)C(=O)N1CCCC1C(=O)NC(C)C(N)=O. The molecule has 10 unspecified atom stereocenters. The number of phenols is 1. The zero-order chi connectivity index (χ0) is 79.0. The fourth-order valence-electron chi connectivity index (χ4n) is 13.2. The first-order valence-electron chi connectivity index (χ1n) is 36.8. The molecule has 8 aromatic rings. The van der Waals surface area contributed by atoms with Gasteiger partial charge >= 0.3 is 0 Å². The number of H-pyrrole nitrogens is 1. The van der Waals surface area contributed by atoms with Gasteiger partial charge in [-0.15, -0.1) is 0 Å². The van der Waals surface area contributed by atoms with E-state index in [-0.39, 0.29) is 69.7 Å². The number of rotatable bonds is 38. The Morgan fingerprint density at radius 1 is 0.509 bits per heavy atom. The van der Waals surface area contributed by atoms with Gasteiger partial charge in [0.15, 0.2) is 0 Å². The minimum absolute atomic E-state index is 0.0350. The Hall–Kier alpha value is -11.7. The molecule has 580 valence electrons. The Kier molecular flexibility index (Phi) is 29.9. The van der Waals surface area contributed by atoms with Crippen molar-refractivity contribution in [1.29, 1.82) is 0 Å². The molecule has 0 spiro atoms. The van der Waals surface area contributed by atoms with Gasteiger partial charge in [0, 0.05) is 85.8 Å². The van der Waals surface area contributed by atoms with Gasteiger partial charge in [-0.1, -0.05) is 153 Å². The van der Waals surface area contributed by atoms with E-state index in [2.05, 4.69) is 58.2 Å². The highest BCUT2D eigenvalue weighted by atomic mass is 35.5. The van der Waals surface area contributed by atoms with Crippen molar-refractivity contribution < 1.29 is 63.0 Å². The van der Waals surface area contributed by atoms with Crippen molar-refractivity contribution in [2.75, 3.05) is 25.4 Å². The summed E-state index contributed by atoms with van der Waals surface area (Å²) in [7, 11) is 0. The number of unbranched alkanes of at least 4 members (excludes halogenated alkanes) is 1. The number of anilines is 1. The summed E-state index contributed by atoms with van der Waals surface area (Å²) in [6, 6.07) is 34.3. The third-order valence-corrected chi connectivity index (χ3v) is 19.4. The van der Waals surface area contributed by atoms with Crippen LogP contribution in [0.5, 0.6) is 5.75 Å². The molecule has 10 atom stereocenters. The van der Waals surface area contributed by atoms with E-state index in [4.69, 9.17) is 23.1 Å². The van der Waals surface area contributed by atoms with Crippen LogP contribution >= 0.6 is 11.6 Å². The summed E-state index contributed by atoms with van der Waals surface area (Å²) in [6.45, 7) is 6.40. The van der Waals surface area contributed by atoms with Crippen LogP contribution in [0.4, 0.5) is 5.69 Å². The van der Waals surface area contributed by atoms with Gasteiger partial charge in [-0.25, -0.2) is 0 Å². The van der Waals surface area contributed by atoms with Crippen molar-refractivity contribution in [1.82, 2.24) is 63.1 Å². The van der Waals surface area contributed by atoms with Crippen LogP contribution in [-0.2, 0) is 91.3 Å². The molecule has 1 aliphatic heterocycles.